The molecule has 2 aromatic rings. The van der Waals surface area contributed by atoms with Gasteiger partial charge in [-0.3, -0.25) is 4.79 Å². The van der Waals surface area contributed by atoms with Crippen molar-refractivity contribution >= 4 is 5.91 Å². The van der Waals surface area contributed by atoms with E-state index in [-0.39, 0.29) is 12.5 Å². The monoisotopic (exact) mass is 281 g/mol. The van der Waals surface area contributed by atoms with Gasteiger partial charge in [0, 0.05) is 5.56 Å². The minimum atomic E-state index is -0.959. The van der Waals surface area contributed by atoms with Gasteiger partial charge in [-0.25, -0.2) is 0 Å². The molecule has 0 saturated carbocycles. The zero-order chi connectivity index (χ0) is 14.7. The number of amides is 1. The fourth-order valence-electron chi connectivity index (χ4n) is 3.00. The molecule has 0 radical (unpaired) electrons. The largest absolute Gasteiger partial charge is 0.383 e. The number of benzene rings is 2. The van der Waals surface area contributed by atoms with E-state index >= 15 is 0 Å². The number of hydrogen-bond donors (Lipinski definition) is 2. The van der Waals surface area contributed by atoms with Gasteiger partial charge in [0.1, 0.15) is 5.60 Å². The van der Waals surface area contributed by atoms with Crippen LogP contribution in [0, 0.1) is 0 Å². The molecule has 0 fully saturated rings. The Labute approximate surface area is 124 Å². The standard InChI is InChI=1S/C18H19NO2/c20-17(15-8-2-1-3-9-15)19-13-18(21)12-6-10-14-7-4-5-11-16(14)18/h1-5,7-9,11,21H,6,10,12-13H2,(H,19,20). The van der Waals surface area contributed by atoms with E-state index in [4.69, 9.17) is 0 Å². The van der Waals surface area contributed by atoms with E-state index in [0.29, 0.717) is 12.0 Å². The van der Waals surface area contributed by atoms with Crippen molar-refractivity contribution in [3.8, 4) is 0 Å². The van der Waals surface area contributed by atoms with Gasteiger partial charge in [-0.1, -0.05) is 42.5 Å². The summed E-state index contributed by atoms with van der Waals surface area (Å²) in [6.45, 7) is 0.248. The molecular weight excluding hydrogens is 262 g/mol. The van der Waals surface area contributed by atoms with Gasteiger partial charge in [0.25, 0.3) is 5.91 Å². The first-order valence-corrected chi connectivity index (χ1v) is 7.33. The Bertz CT molecular complexity index is 639. The Morgan fingerprint density at radius 1 is 1.10 bits per heavy atom. The summed E-state index contributed by atoms with van der Waals surface area (Å²) >= 11 is 0. The molecule has 2 aromatic carbocycles. The minimum absolute atomic E-state index is 0.146. The van der Waals surface area contributed by atoms with E-state index in [0.717, 1.165) is 18.4 Å². The Morgan fingerprint density at radius 3 is 2.62 bits per heavy atom. The molecule has 0 saturated heterocycles. The van der Waals surface area contributed by atoms with E-state index in [2.05, 4.69) is 11.4 Å². The van der Waals surface area contributed by atoms with Gasteiger partial charge in [-0.05, 0) is 42.5 Å². The Hall–Kier alpha value is -2.13. The van der Waals surface area contributed by atoms with Crippen LogP contribution in [0.15, 0.2) is 54.6 Å². The van der Waals surface area contributed by atoms with Gasteiger partial charge in [0.05, 0.1) is 6.54 Å². The third kappa shape index (κ3) is 2.83. The molecule has 1 amide bonds. The lowest BCUT2D eigenvalue weighted by Crippen LogP contribution is -2.43. The second-order valence-corrected chi connectivity index (χ2v) is 5.59. The summed E-state index contributed by atoms with van der Waals surface area (Å²) in [7, 11) is 0. The number of carbonyl (C=O) groups excluding carboxylic acids is 1. The molecule has 0 aliphatic heterocycles. The number of rotatable bonds is 3. The van der Waals surface area contributed by atoms with Gasteiger partial charge in [0.15, 0.2) is 0 Å². The second-order valence-electron chi connectivity index (χ2n) is 5.59. The molecule has 3 rings (SSSR count). The fourth-order valence-corrected chi connectivity index (χ4v) is 3.00. The molecule has 1 unspecified atom stereocenters. The highest BCUT2D eigenvalue weighted by Gasteiger charge is 2.34. The number of hydrogen-bond acceptors (Lipinski definition) is 2. The van der Waals surface area contributed by atoms with Crippen molar-refractivity contribution in [2.45, 2.75) is 24.9 Å². The van der Waals surface area contributed by atoms with E-state index in [1.165, 1.54) is 5.56 Å². The van der Waals surface area contributed by atoms with Crippen molar-refractivity contribution in [3.05, 3.63) is 71.3 Å². The van der Waals surface area contributed by atoms with E-state index in [1.807, 2.05) is 36.4 Å². The van der Waals surface area contributed by atoms with Crippen molar-refractivity contribution in [1.29, 1.82) is 0 Å². The maximum Gasteiger partial charge on any atom is 0.251 e. The first kappa shape index (κ1) is 13.8. The molecular formula is C18H19NO2. The Kier molecular flexibility index (Phi) is 3.76. The first-order chi connectivity index (χ1) is 10.2. The maximum absolute atomic E-state index is 12.1. The van der Waals surface area contributed by atoms with Gasteiger partial charge < -0.3 is 10.4 Å². The third-order valence-electron chi connectivity index (χ3n) is 4.13. The van der Waals surface area contributed by atoms with Crippen LogP contribution in [0.2, 0.25) is 0 Å². The summed E-state index contributed by atoms with van der Waals surface area (Å²) in [5.41, 5.74) is 1.79. The average molecular weight is 281 g/mol. The summed E-state index contributed by atoms with van der Waals surface area (Å²) in [6.07, 6.45) is 2.61. The predicted octanol–water partition coefficient (Wildman–Crippen LogP) is 2.64. The molecule has 0 spiro atoms. The summed E-state index contributed by atoms with van der Waals surface area (Å²) in [5, 5.41) is 13.8. The highest BCUT2D eigenvalue weighted by Crippen LogP contribution is 2.34. The molecule has 2 N–H and O–H groups in total. The SMILES string of the molecule is O=C(NCC1(O)CCCc2ccccc21)c1ccccc1. The minimum Gasteiger partial charge on any atom is -0.383 e. The van der Waals surface area contributed by atoms with Gasteiger partial charge >= 0.3 is 0 Å². The highest BCUT2D eigenvalue weighted by atomic mass is 16.3. The first-order valence-electron chi connectivity index (χ1n) is 7.33. The molecule has 108 valence electrons. The lowest BCUT2D eigenvalue weighted by Gasteiger charge is -2.34. The highest BCUT2D eigenvalue weighted by molar-refractivity contribution is 5.94. The molecule has 3 nitrogen and oxygen atoms in total. The van der Waals surface area contributed by atoms with E-state index in [9.17, 15) is 9.90 Å². The normalized spacial score (nSPS) is 20.6. The van der Waals surface area contributed by atoms with Gasteiger partial charge in [-0.2, -0.15) is 0 Å². The maximum atomic E-state index is 12.1. The number of nitrogens with one attached hydrogen (secondary N) is 1. The number of aryl methyl sites for hydroxylation is 1. The van der Waals surface area contributed by atoms with Crippen LogP contribution in [0.1, 0.15) is 34.3 Å². The van der Waals surface area contributed by atoms with Crippen molar-refractivity contribution in [2.24, 2.45) is 0 Å². The van der Waals surface area contributed by atoms with Crippen LogP contribution in [0.3, 0.4) is 0 Å². The third-order valence-corrected chi connectivity index (χ3v) is 4.13. The fraction of sp³-hybridized carbons (Fsp3) is 0.278. The molecule has 21 heavy (non-hydrogen) atoms. The van der Waals surface area contributed by atoms with Crippen LogP contribution in [0.5, 0.6) is 0 Å². The van der Waals surface area contributed by atoms with Crippen molar-refractivity contribution in [1.82, 2.24) is 5.32 Å². The molecule has 3 heteroatoms. The Balaban J connectivity index is 1.75. The van der Waals surface area contributed by atoms with Crippen molar-refractivity contribution in [3.63, 3.8) is 0 Å². The number of fused-ring (bicyclic) bond motifs is 1. The summed E-state index contributed by atoms with van der Waals surface area (Å²) in [4.78, 5) is 12.1. The van der Waals surface area contributed by atoms with Gasteiger partial charge in [-0.15, -0.1) is 0 Å². The lowest BCUT2D eigenvalue weighted by molar-refractivity contribution is 0.0189. The number of carbonyl (C=O) groups is 1. The van der Waals surface area contributed by atoms with Crippen LogP contribution in [0.4, 0.5) is 0 Å². The van der Waals surface area contributed by atoms with Crippen LogP contribution in [-0.4, -0.2) is 17.6 Å². The van der Waals surface area contributed by atoms with Crippen LogP contribution in [0.25, 0.3) is 0 Å². The molecule has 0 aromatic heterocycles. The summed E-state index contributed by atoms with van der Waals surface area (Å²) < 4.78 is 0. The van der Waals surface area contributed by atoms with Gasteiger partial charge in [0.2, 0.25) is 0 Å². The van der Waals surface area contributed by atoms with Crippen LogP contribution >= 0.6 is 0 Å². The number of aliphatic hydroxyl groups is 1. The van der Waals surface area contributed by atoms with E-state index < -0.39 is 5.60 Å². The summed E-state index contributed by atoms with van der Waals surface area (Å²) in [5.74, 6) is -0.146. The molecule has 1 aliphatic rings. The molecule has 1 aliphatic carbocycles. The van der Waals surface area contributed by atoms with Crippen LogP contribution < -0.4 is 5.32 Å². The Morgan fingerprint density at radius 2 is 1.81 bits per heavy atom. The molecule has 1 atom stereocenters. The summed E-state index contributed by atoms with van der Waals surface area (Å²) in [6, 6.07) is 17.0. The smallest absolute Gasteiger partial charge is 0.251 e. The molecule has 0 heterocycles. The van der Waals surface area contributed by atoms with Crippen LogP contribution in [-0.2, 0) is 12.0 Å². The van der Waals surface area contributed by atoms with Crippen molar-refractivity contribution in [2.75, 3.05) is 6.54 Å². The predicted molar refractivity (Wildman–Crippen MR) is 82.1 cm³/mol. The average Bonchev–Trinajstić information content (AvgIpc) is 2.54. The second kappa shape index (κ2) is 5.70. The topological polar surface area (TPSA) is 49.3 Å². The quantitative estimate of drug-likeness (QED) is 0.908. The zero-order valence-electron chi connectivity index (χ0n) is 11.9. The lowest BCUT2D eigenvalue weighted by atomic mass is 9.79. The molecule has 0 bridgehead atoms. The van der Waals surface area contributed by atoms with E-state index in [1.54, 1.807) is 12.1 Å². The zero-order valence-corrected chi connectivity index (χ0v) is 11.9. The van der Waals surface area contributed by atoms with Crippen molar-refractivity contribution < 1.29 is 9.90 Å².